The van der Waals surface area contributed by atoms with Gasteiger partial charge < -0.3 is 10.1 Å². The summed E-state index contributed by atoms with van der Waals surface area (Å²) in [5, 5.41) is 7.65. The van der Waals surface area contributed by atoms with Gasteiger partial charge in [0.25, 0.3) is 5.91 Å². The Bertz CT molecular complexity index is 786. The summed E-state index contributed by atoms with van der Waals surface area (Å²) in [6.07, 6.45) is 6.33. The minimum absolute atomic E-state index is 0.102. The molecule has 1 fully saturated rings. The van der Waals surface area contributed by atoms with Crippen molar-refractivity contribution in [2.24, 2.45) is 17.0 Å². The minimum Gasteiger partial charge on any atom is -0.452 e. The van der Waals surface area contributed by atoms with Crippen molar-refractivity contribution in [1.29, 1.82) is 0 Å². The van der Waals surface area contributed by atoms with Crippen molar-refractivity contribution in [3.8, 4) is 0 Å². The molecule has 1 atom stereocenters. The molecule has 0 spiro atoms. The summed E-state index contributed by atoms with van der Waals surface area (Å²) in [6, 6.07) is 5.62. The number of nitrogens with one attached hydrogen (secondary N) is 1. The Kier molecular flexibility index (Phi) is 8.00. The van der Waals surface area contributed by atoms with Crippen molar-refractivity contribution in [2.75, 3.05) is 5.32 Å². The van der Waals surface area contributed by atoms with Crippen molar-refractivity contribution < 1.29 is 22.7 Å². The second-order valence-electron chi connectivity index (χ2n) is 7.50. The molecule has 1 aliphatic carbocycles. The molecule has 0 radical (unpaired) electrons. The molecule has 28 heavy (non-hydrogen) atoms. The van der Waals surface area contributed by atoms with E-state index >= 15 is 0 Å². The van der Waals surface area contributed by atoms with Crippen LogP contribution in [0.2, 0.25) is 0 Å². The van der Waals surface area contributed by atoms with Gasteiger partial charge in [0, 0.05) is 5.69 Å². The molecule has 0 saturated heterocycles. The fraction of sp³-hybridized carbons (Fsp3) is 0.600. The van der Waals surface area contributed by atoms with Crippen LogP contribution < -0.4 is 10.5 Å². The lowest BCUT2D eigenvalue weighted by atomic mass is 9.80. The topological polar surface area (TPSA) is 116 Å². The maximum Gasteiger partial charge on any atom is 0.309 e. The molecule has 0 heterocycles. The predicted octanol–water partition coefficient (Wildman–Crippen LogP) is 3.20. The number of carbonyl (C=O) groups excluding carboxylic acids is 2. The minimum atomic E-state index is -3.86. The average molecular weight is 411 g/mol. The largest absolute Gasteiger partial charge is 0.452 e. The number of hydrogen-bond donors (Lipinski definition) is 2. The van der Waals surface area contributed by atoms with Crippen LogP contribution in [-0.4, -0.2) is 26.4 Å². The van der Waals surface area contributed by atoms with Gasteiger partial charge in [-0.25, -0.2) is 13.6 Å². The van der Waals surface area contributed by atoms with E-state index in [2.05, 4.69) is 12.2 Å². The number of ether oxygens (including phenoxy) is 1. The molecule has 7 nitrogen and oxygen atoms in total. The fourth-order valence-corrected chi connectivity index (χ4v) is 4.06. The molecule has 1 aromatic rings. The molecule has 1 saturated carbocycles. The van der Waals surface area contributed by atoms with Crippen molar-refractivity contribution in [2.45, 2.75) is 69.8 Å². The van der Waals surface area contributed by atoms with Gasteiger partial charge in [-0.05, 0) is 56.7 Å². The highest BCUT2D eigenvalue weighted by molar-refractivity contribution is 7.89. The van der Waals surface area contributed by atoms with Gasteiger partial charge in [0.2, 0.25) is 10.0 Å². The third-order valence-electron chi connectivity index (χ3n) is 5.24. The molecular formula is C20H30N2O5S. The Morgan fingerprint density at radius 3 is 2.54 bits per heavy atom. The van der Waals surface area contributed by atoms with E-state index in [0.29, 0.717) is 5.92 Å². The molecule has 0 bridgehead atoms. The van der Waals surface area contributed by atoms with Crippen LogP contribution in [0.15, 0.2) is 29.2 Å². The van der Waals surface area contributed by atoms with Crippen LogP contribution >= 0.6 is 0 Å². The third-order valence-corrected chi connectivity index (χ3v) is 6.15. The normalized spacial score (nSPS) is 21.0. The van der Waals surface area contributed by atoms with Crippen molar-refractivity contribution in [3.05, 3.63) is 24.3 Å². The van der Waals surface area contributed by atoms with E-state index in [4.69, 9.17) is 9.88 Å². The summed E-state index contributed by atoms with van der Waals surface area (Å²) >= 11 is 0. The Morgan fingerprint density at radius 1 is 1.25 bits per heavy atom. The first-order chi connectivity index (χ1) is 13.2. The lowest BCUT2D eigenvalue weighted by Gasteiger charge is -2.28. The molecule has 0 unspecified atom stereocenters. The number of rotatable bonds is 8. The van der Waals surface area contributed by atoms with Gasteiger partial charge >= 0.3 is 5.97 Å². The fourth-order valence-electron chi connectivity index (χ4n) is 3.50. The second-order valence-corrected chi connectivity index (χ2v) is 9.06. The number of benzene rings is 1. The molecule has 8 heteroatoms. The zero-order chi connectivity index (χ0) is 20.7. The summed E-state index contributed by atoms with van der Waals surface area (Å²) in [4.78, 5) is 24.6. The Morgan fingerprint density at radius 2 is 1.93 bits per heavy atom. The van der Waals surface area contributed by atoms with Crippen molar-refractivity contribution >= 4 is 27.6 Å². The summed E-state index contributed by atoms with van der Waals surface area (Å²) in [7, 11) is -3.86. The quantitative estimate of drug-likeness (QED) is 0.639. The van der Waals surface area contributed by atoms with E-state index in [1.807, 2.05) is 0 Å². The zero-order valence-electron chi connectivity index (χ0n) is 16.5. The molecule has 1 aliphatic rings. The van der Waals surface area contributed by atoms with Gasteiger partial charge in [0.15, 0.2) is 6.10 Å². The van der Waals surface area contributed by atoms with Crippen LogP contribution in [0.25, 0.3) is 0 Å². The Labute approximate surface area is 167 Å². The van der Waals surface area contributed by atoms with E-state index in [-0.39, 0.29) is 22.5 Å². The first kappa shape index (κ1) is 22.4. The molecular weight excluding hydrogens is 380 g/mol. The highest BCUT2D eigenvalue weighted by atomic mass is 32.2. The van der Waals surface area contributed by atoms with E-state index < -0.39 is 22.0 Å². The van der Waals surface area contributed by atoms with Crippen molar-refractivity contribution in [1.82, 2.24) is 0 Å². The van der Waals surface area contributed by atoms with E-state index in [0.717, 1.165) is 25.7 Å². The molecule has 1 amide bonds. The number of unbranched alkanes of at least 4 members (excludes halogenated alkanes) is 1. The average Bonchev–Trinajstić information content (AvgIpc) is 2.66. The first-order valence-electron chi connectivity index (χ1n) is 9.85. The number of primary sulfonamides is 1. The molecule has 2 rings (SSSR count). The Balaban J connectivity index is 1.85. The van der Waals surface area contributed by atoms with Crippen LogP contribution in [0, 0.1) is 11.8 Å². The van der Waals surface area contributed by atoms with Crippen LogP contribution in [0.4, 0.5) is 5.69 Å². The van der Waals surface area contributed by atoms with Gasteiger partial charge in [-0.3, -0.25) is 9.59 Å². The molecule has 156 valence electrons. The highest BCUT2D eigenvalue weighted by Gasteiger charge is 2.29. The van der Waals surface area contributed by atoms with Gasteiger partial charge in [-0.15, -0.1) is 0 Å². The third kappa shape index (κ3) is 6.60. The van der Waals surface area contributed by atoms with Gasteiger partial charge in [-0.1, -0.05) is 32.3 Å². The standard InChI is InChI=1S/C20H30N2O5S/c1-3-4-6-15-9-11-16(12-10-15)20(24)27-14(2)19(23)22-17-7-5-8-18(13-17)28(21,25)26/h5,7-8,13-16H,3-4,6,9-12H2,1-2H3,(H,22,23)(H2,21,25,26)/t14-,15?,16?/m0/s1. The van der Waals surface area contributed by atoms with Crippen LogP contribution in [0.5, 0.6) is 0 Å². The van der Waals surface area contributed by atoms with E-state index in [1.54, 1.807) is 6.07 Å². The number of amides is 1. The maximum absolute atomic E-state index is 12.4. The molecule has 3 N–H and O–H groups in total. The van der Waals surface area contributed by atoms with Crippen LogP contribution in [-0.2, 0) is 24.3 Å². The summed E-state index contributed by atoms with van der Waals surface area (Å²) in [5.41, 5.74) is 0.274. The van der Waals surface area contributed by atoms with Crippen LogP contribution in [0.3, 0.4) is 0 Å². The van der Waals surface area contributed by atoms with Gasteiger partial charge in [0.05, 0.1) is 10.8 Å². The number of anilines is 1. The Hall–Kier alpha value is -1.93. The number of hydrogen-bond acceptors (Lipinski definition) is 5. The monoisotopic (exact) mass is 410 g/mol. The molecule has 0 aromatic heterocycles. The predicted molar refractivity (Wildman–Crippen MR) is 107 cm³/mol. The zero-order valence-corrected chi connectivity index (χ0v) is 17.3. The summed E-state index contributed by atoms with van der Waals surface area (Å²) in [5.74, 6) is -0.318. The summed E-state index contributed by atoms with van der Waals surface area (Å²) in [6.45, 7) is 3.68. The van der Waals surface area contributed by atoms with Gasteiger partial charge in [-0.2, -0.15) is 0 Å². The second kappa shape index (κ2) is 10.0. The van der Waals surface area contributed by atoms with Crippen LogP contribution in [0.1, 0.15) is 58.8 Å². The van der Waals surface area contributed by atoms with Crippen molar-refractivity contribution in [3.63, 3.8) is 0 Å². The lowest BCUT2D eigenvalue weighted by molar-refractivity contribution is -0.158. The SMILES string of the molecule is CCCCC1CCC(C(=O)O[C@@H](C)C(=O)Nc2cccc(S(N)(=O)=O)c2)CC1. The maximum atomic E-state index is 12.4. The number of carbonyl (C=O) groups is 2. The lowest BCUT2D eigenvalue weighted by Crippen LogP contribution is -2.33. The molecule has 1 aromatic carbocycles. The highest BCUT2D eigenvalue weighted by Crippen LogP contribution is 2.32. The first-order valence-corrected chi connectivity index (χ1v) is 11.4. The van der Waals surface area contributed by atoms with E-state index in [1.165, 1.54) is 44.4 Å². The number of nitrogens with two attached hydrogens (primary N) is 1. The van der Waals surface area contributed by atoms with Gasteiger partial charge in [0.1, 0.15) is 0 Å². The van der Waals surface area contributed by atoms with E-state index in [9.17, 15) is 18.0 Å². The number of esters is 1. The smallest absolute Gasteiger partial charge is 0.309 e. The number of sulfonamides is 1. The summed E-state index contributed by atoms with van der Waals surface area (Å²) < 4.78 is 28.1. The molecule has 0 aliphatic heterocycles.